The van der Waals surface area contributed by atoms with E-state index in [4.69, 9.17) is 5.11 Å². The molecule has 0 rings (SSSR count). The molecule has 3 nitrogen and oxygen atoms in total. The fourth-order valence-electron chi connectivity index (χ4n) is 2.53. The summed E-state index contributed by atoms with van der Waals surface area (Å²) >= 11 is 0. The van der Waals surface area contributed by atoms with Crippen LogP contribution in [0.25, 0.3) is 0 Å². The lowest BCUT2D eigenvalue weighted by atomic mass is 10.0. The van der Waals surface area contributed by atoms with Crippen LogP contribution >= 0.6 is 0 Å². The van der Waals surface area contributed by atoms with Crippen molar-refractivity contribution in [2.45, 2.75) is 103 Å². The number of hydrogen-bond donors (Lipinski definition) is 1. The van der Waals surface area contributed by atoms with E-state index in [0.29, 0.717) is 18.6 Å². The van der Waals surface area contributed by atoms with Crippen molar-refractivity contribution in [3.63, 3.8) is 0 Å². The maximum Gasteiger partial charge on any atom is 0.303 e. The standard InChI is InChI=1S/C18H34O3/c1-2-3-4-5-6-7-8-9-11-14-17(19)15-12-10-13-16-18(20)21/h2-16H2,1H3,(H,20,21). The smallest absolute Gasteiger partial charge is 0.303 e. The predicted octanol–water partition coefficient (Wildman–Crippen LogP) is 5.51. The molecule has 124 valence electrons. The first-order valence-electron chi connectivity index (χ1n) is 8.90. The molecular formula is C18H34O3. The molecule has 0 atom stereocenters. The lowest BCUT2D eigenvalue weighted by Gasteiger charge is -2.02. The second-order valence-corrected chi connectivity index (χ2v) is 6.07. The summed E-state index contributed by atoms with van der Waals surface area (Å²) in [5, 5.41) is 8.50. The number of carboxylic acids is 1. The highest BCUT2D eigenvalue weighted by atomic mass is 16.4. The molecule has 0 heterocycles. The van der Waals surface area contributed by atoms with Crippen LogP contribution in [0.2, 0.25) is 0 Å². The third-order valence-corrected chi connectivity index (χ3v) is 3.91. The van der Waals surface area contributed by atoms with E-state index in [9.17, 15) is 9.59 Å². The number of carboxylic acid groups (broad SMARTS) is 1. The summed E-state index contributed by atoms with van der Waals surface area (Å²) in [6.07, 6.45) is 15.5. The average Bonchev–Trinajstić information content (AvgIpc) is 2.45. The zero-order chi connectivity index (χ0) is 15.8. The van der Waals surface area contributed by atoms with Gasteiger partial charge in [-0.15, -0.1) is 0 Å². The van der Waals surface area contributed by atoms with Gasteiger partial charge in [0.15, 0.2) is 0 Å². The molecule has 0 aliphatic rings. The van der Waals surface area contributed by atoms with Crippen LogP contribution in [0, 0.1) is 0 Å². The Morgan fingerprint density at radius 2 is 1.00 bits per heavy atom. The van der Waals surface area contributed by atoms with Gasteiger partial charge in [0.2, 0.25) is 0 Å². The number of Topliss-reactive ketones (excluding diaryl/α,β-unsaturated/α-hetero) is 1. The first-order chi connectivity index (χ1) is 10.2. The third kappa shape index (κ3) is 17.1. The molecule has 0 aromatic rings. The normalized spacial score (nSPS) is 10.7. The van der Waals surface area contributed by atoms with Crippen LogP contribution in [-0.2, 0) is 9.59 Å². The van der Waals surface area contributed by atoms with E-state index in [1.54, 1.807) is 0 Å². The number of rotatable bonds is 16. The van der Waals surface area contributed by atoms with Gasteiger partial charge in [-0.25, -0.2) is 0 Å². The van der Waals surface area contributed by atoms with Gasteiger partial charge < -0.3 is 5.11 Å². The van der Waals surface area contributed by atoms with Gasteiger partial charge in [0.25, 0.3) is 0 Å². The molecular weight excluding hydrogens is 264 g/mol. The lowest BCUT2D eigenvalue weighted by molar-refractivity contribution is -0.137. The van der Waals surface area contributed by atoms with Crippen LogP contribution in [0.1, 0.15) is 103 Å². The average molecular weight is 298 g/mol. The van der Waals surface area contributed by atoms with Crippen molar-refractivity contribution in [2.24, 2.45) is 0 Å². The largest absolute Gasteiger partial charge is 0.481 e. The summed E-state index contributed by atoms with van der Waals surface area (Å²) in [7, 11) is 0. The minimum absolute atomic E-state index is 0.229. The van der Waals surface area contributed by atoms with Crippen molar-refractivity contribution in [2.75, 3.05) is 0 Å². The van der Waals surface area contributed by atoms with Crippen LogP contribution in [0.3, 0.4) is 0 Å². The van der Waals surface area contributed by atoms with E-state index in [1.807, 2.05) is 0 Å². The summed E-state index contributed by atoms with van der Waals surface area (Å²) in [6, 6.07) is 0. The van der Waals surface area contributed by atoms with Gasteiger partial charge in [0.05, 0.1) is 0 Å². The van der Waals surface area contributed by atoms with Crippen LogP contribution in [0.4, 0.5) is 0 Å². The number of carbonyl (C=O) groups is 2. The van der Waals surface area contributed by atoms with Gasteiger partial charge in [-0.05, 0) is 19.3 Å². The topological polar surface area (TPSA) is 54.4 Å². The minimum atomic E-state index is -0.740. The molecule has 0 radical (unpaired) electrons. The fourth-order valence-corrected chi connectivity index (χ4v) is 2.53. The molecule has 0 unspecified atom stereocenters. The number of hydrogen-bond acceptors (Lipinski definition) is 2. The first kappa shape index (κ1) is 20.1. The molecule has 0 saturated carbocycles. The Hall–Kier alpha value is -0.860. The Labute approximate surface area is 130 Å². The molecule has 3 heteroatoms. The summed E-state index contributed by atoms with van der Waals surface area (Å²) in [5.41, 5.74) is 0. The highest BCUT2D eigenvalue weighted by Crippen LogP contribution is 2.12. The highest BCUT2D eigenvalue weighted by molar-refractivity contribution is 5.78. The molecule has 0 aliphatic carbocycles. The maximum atomic E-state index is 11.6. The Balaban J connectivity index is 3.17. The second-order valence-electron chi connectivity index (χ2n) is 6.07. The Morgan fingerprint density at radius 3 is 1.48 bits per heavy atom. The Kier molecular flexibility index (Phi) is 14.9. The van der Waals surface area contributed by atoms with Gasteiger partial charge in [-0.3, -0.25) is 9.59 Å². The number of aliphatic carboxylic acids is 1. The second kappa shape index (κ2) is 15.5. The van der Waals surface area contributed by atoms with E-state index >= 15 is 0 Å². The first-order valence-corrected chi connectivity index (χ1v) is 8.90. The molecule has 0 amide bonds. The molecule has 0 bridgehead atoms. The van der Waals surface area contributed by atoms with Crippen LogP contribution in [-0.4, -0.2) is 16.9 Å². The van der Waals surface area contributed by atoms with Crippen molar-refractivity contribution in [1.82, 2.24) is 0 Å². The van der Waals surface area contributed by atoms with Crippen LogP contribution in [0.15, 0.2) is 0 Å². The van der Waals surface area contributed by atoms with Crippen molar-refractivity contribution in [1.29, 1.82) is 0 Å². The van der Waals surface area contributed by atoms with Crippen LogP contribution in [0.5, 0.6) is 0 Å². The predicted molar refractivity (Wildman–Crippen MR) is 87.6 cm³/mol. The van der Waals surface area contributed by atoms with Crippen molar-refractivity contribution in [3.8, 4) is 0 Å². The molecule has 21 heavy (non-hydrogen) atoms. The minimum Gasteiger partial charge on any atom is -0.481 e. The van der Waals surface area contributed by atoms with E-state index in [0.717, 1.165) is 25.7 Å². The van der Waals surface area contributed by atoms with Gasteiger partial charge in [0.1, 0.15) is 5.78 Å². The Bertz CT molecular complexity index is 261. The van der Waals surface area contributed by atoms with E-state index < -0.39 is 5.97 Å². The lowest BCUT2D eigenvalue weighted by Crippen LogP contribution is -1.98. The Morgan fingerprint density at radius 1 is 0.619 bits per heavy atom. The monoisotopic (exact) mass is 298 g/mol. The molecule has 0 saturated heterocycles. The quantitative estimate of drug-likeness (QED) is 0.382. The highest BCUT2D eigenvalue weighted by Gasteiger charge is 2.03. The van der Waals surface area contributed by atoms with Gasteiger partial charge in [0, 0.05) is 19.3 Å². The van der Waals surface area contributed by atoms with Crippen molar-refractivity contribution in [3.05, 3.63) is 0 Å². The number of carbonyl (C=O) groups excluding carboxylic acids is 1. The third-order valence-electron chi connectivity index (χ3n) is 3.91. The van der Waals surface area contributed by atoms with Gasteiger partial charge in [-0.1, -0.05) is 64.7 Å². The molecule has 1 N–H and O–H groups in total. The summed E-state index contributed by atoms with van der Waals surface area (Å²) in [5.74, 6) is -0.385. The summed E-state index contributed by atoms with van der Waals surface area (Å²) in [6.45, 7) is 2.24. The van der Waals surface area contributed by atoms with Gasteiger partial charge in [-0.2, -0.15) is 0 Å². The zero-order valence-corrected chi connectivity index (χ0v) is 13.9. The summed E-state index contributed by atoms with van der Waals surface area (Å²) in [4.78, 5) is 22.0. The number of unbranched alkanes of at least 4 members (excludes halogenated alkanes) is 10. The van der Waals surface area contributed by atoms with Crippen LogP contribution < -0.4 is 0 Å². The molecule has 0 aromatic heterocycles. The number of ketones is 1. The molecule has 0 aromatic carbocycles. The maximum absolute atomic E-state index is 11.6. The SMILES string of the molecule is CCCCCCCCCCCC(=O)CCCCCC(=O)O. The van der Waals surface area contributed by atoms with E-state index in [1.165, 1.54) is 51.4 Å². The fraction of sp³-hybridized carbons (Fsp3) is 0.889. The molecule has 0 spiro atoms. The van der Waals surface area contributed by atoms with Gasteiger partial charge >= 0.3 is 5.97 Å². The van der Waals surface area contributed by atoms with E-state index in [2.05, 4.69) is 6.92 Å². The van der Waals surface area contributed by atoms with Crippen molar-refractivity contribution < 1.29 is 14.7 Å². The van der Waals surface area contributed by atoms with Crippen molar-refractivity contribution >= 4 is 11.8 Å². The summed E-state index contributed by atoms with van der Waals surface area (Å²) < 4.78 is 0. The molecule has 0 aliphatic heterocycles. The molecule has 0 fully saturated rings. The zero-order valence-electron chi connectivity index (χ0n) is 13.9. The van der Waals surface area contributed by atoms with E-state index in [-0.39, 0.29) is 6.42 Å².